The largest absolute Gasteiger partial charge is 0.314 e. The molecule has 0 aliphatic carbocycles. The van der Waals surface area contributed by atoms with Crippen LogP contribution in [0.2, 0.25) is 0 Å². The number of rotatable bonds is 5. The highest BCUT2D eigenvalue weighted by molar-refractivity contribution is 4.85. The van der Waals surface area contributed by atoms with Crippen molar-refractivity contribution in [3.63, 3.8) is 0 Å². The zero-order valence-corrected chi connectivity index (χ0v) is 12.5. The minimum Gasteiger partial charge on any atom is -0.314 e. The third-order valence-corrected chi connectivity index (χ3v) is 4.79. The second kappa shape index (κ2) is 6.88. The van der Waals surface area contributed by atoms with E-state index in [0.29, 0.717) is 0 Å². The normalized spacial score (nSPS) is 35.2. The first kappa shape index (κ1) is 14.3. The molecule has 0 spiro atoms. The summed E-state index contributed by atoms with van der Waals surface area (Å²) >= 11 is 0. The van der Waals surface area contributed by atoms with Gasteiger partial charge in [0.25, 0.3) is 0 Å². The van der Waals surface area contributed by atoms with E-state index in [2.05, 4.69) is 35.9 Å². The average molecular weight is 253 g/mol. The van der Waals surface area contributed by atoms with Crippen LogP contribution in [-0.4, -0.2) is 61.7 Å². The van der Waals surface area contributed by atoms with E-state index in [1.54, 1.807) is 0 Å². The highest BCUT2D eigenvalue weighted by atomic mass is 15.2. The van der Waals surface area contributed by atoms with Gasteiger partial charge in [0.05, 0.1) is 0 Å². The summed E-state index contributed by atoms with van der Waals surface area (Å²) in [4.78, 5) is 5.31. The van der Waals surface area contributed by atoms with Gasteiger partial charge in [-0.05, 0) is 50.9 Å². The van der Waals surface area contributed by atoms with Crippen LogP contribution < -0.4 is 5.32 Å². The van der Waals surface area contributed by atoms with E-state index in [4.69, 9.17) is 0 Å². The first-order chi connectivity index (χ1) is 8.72. The number of hydrogen-bond acceptors (Lipinski definition) is 3. The summed E-state index contributed by atoms with van der Waals surface area (Å²) in [7, 11) is 0. The molecule has 0 aromatic heterocycles. The van der Waals surface area contributed by atoms with Gasteiger partial charge in [0.1, 0.15) is 0 Å². The van der Waals surface area contributed by atoms with Crippen molar-refractivity contribution in [1.29, 1.82) is 0 Å². The third-order valence-electron chi connectivity index (χ3n) is 4.79. The molecule has 106 valence electrons. The first-order valence-electron chi connectivity index (χ1n) is 7.91. The molecule has 2 fully saturated rings. The predicted molar refractivity (Wildman–Crippen MR) is 77.9 cm³/mol. The van der Waals surface area contributed by atoms with Crippen molar-refractivity contribution in [2.45, 2.75) is 39.7 Å². The molecule has 2 saturated heterocycles. The van der Waals surface area contributed by atoms with Gasteiger partial charge in [0.15, 0.2) is 0 Å². The summed E-state index contributed by atoms with van der Waals surface area (Å²) in [6, 6.07) is 0.752. The Kier molecular flexibility index (Phi) is 5.46. The smallest absolute Gasteiger partial charge is 0.0117 e. The van der Waals surface area contributed by atoms with Gasteiger partial charge in [-0.1, -0.05) is 20.8 Å². The van der Waals surface area contributed by atoms with Crippen molar-refractivity contribution in [2.75, 3.05) is 45.8 Å². The monoisotopic (exact) mass is 253 g/mol. The molecule has 0 amide bonds. The SMILES string of the molecule is CCNC1CCN(CC2CCN(CC)C2)CC1C. The standard InChI is InChI=1S/C15H31N3/c1-4-16-15-7-9-18(10-13(15)3)12-14-6-8-17(5-2)11-14/h13-16H,4-12H2,1-3H3. The van der Waals surface area contributed by atoms with Crippen LogP contribution in [0.15, 0.2) is 0 Å². The fraction of sp³-hybridized carbons (Fsp3) is 1.00. The molecule has 0 aromatic carbocycles. The topological polar surface area (TPSA) is 18.5 Å². The molecule has 0 bridgehead atoms. The Hall–Kier alpha value is -0.120. The zero-order chi connectivity index (χ0) is 13.0. The Morgan fingerprint density at radius 1 is 1.06 bits per heavy atom. The molecule has 3 atom stereocenters. The summed E-state index contributed by atoms with van der Waals surface area (Å²) in [5.74, 6) is 1.73. The summed E-state index contributed by atoms with van der Waals surface area (Å²) < 4.78 is 0. The van der Waals surface area contributed by atoms with Gasteiger partial charge in [-0.15, -0.1) is 0 Å². The molecule has 2 heterocycles. The van der Waals surface area contributed by atoms with E-state index < -0.39 is 0 Å². The second-order valence-electron chi connectivity index (χ2n) is 6.24. The van der Waals surface area contributed by atoms with Gasteiger partial charge in [-0.3, -0.25) is 0 Å². The van der Waals surface area contributed by atoms with Crippen LogP contribution in [0.1, 0.15) is 33.6 Å². The molecular weight excluding hydrogens is 222 g/mol. The minimum absolute atomic E-state index is 0.752. The number of likely N-dealkylation sites (tertiary alicyclic amines) is 2. The maximum Gasteiger partial charge on any atom is 0.0117 e. The van der Waals surface area contributed by atoms with Gasteiger partial charge in [0, 0.05) is 25.7 Å². The lowest BCUT2D eigenvalue weighted by Gasteiger charge is -2.38. The average Bonchev–Trinajstić information content (AvgIpc) is 2.80. The van der Waals surface area contributed by atoms with Crippen LogP contribution >= 0.6 is 0 Å². The Morgan fingerprint density at radius 2 is 1.83 bits per heavy atom. The Morgan fingerprint density at radius 3 is 2.44 bits per heavy atom. The van der Waals surface area contributed by atoms with Crippen molar-refractivity contribution in [2.24, 2.45) is 11.8 Å². The molecule has 3 heteroatoms. The Balaban J connectivity index is 1.72. The molecule has 3 unspecified atom stereocenters. The molecule has 2 aliphatic rings. The van der Waals surface area contributed by atoms with Crippen LogP contribution in [0.4, 0.5) is 0 Å². The molecule has 18 heavy (non-hydrogen) atoms. The van der Waals surface area contributed by atoms with Crippen LogP contribution in [0, 0.1) is 11.8 Å². The number of piperidine rings is 1. The van der Waals surface area contributed by atoms with Crippen molar-refractivity contribution >= 4 is 0 Å². The molecule has 0 aromatic rings. The van der Waals surface area contributed by atoms with Crippen LogP contribution in [0.3, 0.4) is 0 Å². The lowest BCUT2D eigenvalue weighted by atomic mass is 9.93. The molecular formula is C15H31N3. The molecule has 0 radical (unpaired) electrons. The van der Waals surface area contributed by atoms with E-state index in [1.807, 2.05) is 0 Å². The van der Waals surface area contributed by atoms with E-state index in [9.17, 15) is 0 Å². The summed E-state index contributed by atoms with van der Waals surface area (Å²) in [6.45, 7) is 15.8. The van der Waals surface area contributed by atoms with Crippen LogP contribution in [0.5, 0.6) is 0 Å². The van der Waals surface area contributed by atoms with Gasteiger partial charge in [-0.25, -0.2) is 0 Å². The number of hydrogen-bond donors (Lipinski definition) is 1. The first-order valence-corrected chi connectivity index (χ1v) is 7.91. The van der Waals surface area contributed by atoms with Gasteiger partial charge >= 0.3 is 0 Å². The summed E-state index contributed by atoms with van der Waals surface area (Å²) in [5.41, 5.74) is 0. The van der Waals surface area contributed by atoms with Crippen molar-refractivity contribution in [3.8, 4) is 0 Å². The van der Waals surface area contributed by atoms with Crippen molar-refractivity contribution in [1.82, 2.24) is 15.1 Å². The van der Waals surface area contributed by atoms with Gasteiger partial charge in [0.2, 0.25) is 0 Å². The lowest BCUT2D eigenvalue weighted by Crippen LogP contribution is -2.49. The zero-order valence-electron chi connectivity index (χ0n) is 12.5. The molecule has 1 N–H and O–H groups in total. The lowest BCUT2D eigenvalue weighted by molar-refractivity contribution is 0.130. The fourth-order valence-electron chi connectivity index (χ4n) is 3.68. The van der Waals surface area contributed by atoms with Gasteiger partial charge < -0.3 is 15.1 Å². The number of nitrogens with one attached hydrogen (secondary N) is 1. The third kappa shape index (κ3) is 3.69. The summed E-state index contributed by atoms with van der Waals surface area (Å²) in [6.07, 6.45) is 2.74. The van der Waals surface area contributed by atoms with E-state index >= 15 is 0 Å². The highest BCUT2D eigenvalue weighted by Gasteiger charge is 2.28. The van der Waals surface area contributed by atoms with E-state index in [1.165, 1.54) is 52.1 Å². The van der Waals surface area contributed by atoms with Crippen LogP contribution in [-0.2, 0) is 0 Å². The molecule has 2 rings (SSSR count). The summed E-state index contributed by atoms with van der Waals surface area (Å²) in [5, 5.41) is 3.63. The Bertz CT molecular complexity index is 244. The number of nitrogens with zero attached hydrogens (tertiary/aromatic N) is 2. The molecule has 3 nitrogen and oxygen atoms in total. The van der Waals surface area contributed by atoms with E-state index in [-0.39, 0.29) is 0 Å². The van der Waals surface area contributed by atoms with Gasteiger partial charge in [-0.2, -0.15) is 0 Å². The van der Waals surface area contributed by atoms with Crippen molar-refractivity contribution < 1.29 is 0 Å². The maximum atomic E-state index is 3.63. The maximum absolute atomic E-state index is 3.63. The molecule has 0 saturated carbocycles. The van der Waals surface area contributed by atoms with E-state index in [0.717, 1.165) is 24.4 Å². The Labute approximate surface area is 113 Å². The quantitative estimate of drug-likeness (QED) is 0.804. The second-order valence-corrected chi connectivity index (χ2v) is 6.24. The minimum atomic E-state index is 0.752. The highest BCUT2D eigenvalue weighted by Crippen LogP contribution is 2.21. The van der Waals surface area contributed by atoms with Crippen LogP contribution in [0.25, 0.3) is 0 Å². The molecule has 2 aliphatic heterocycles. The van der Waals surface area contributed by atoms with Crippen molar-refractivity contribution in [3.05, 3.63) is 0 Å². The predicted octanol–water partition coefficient (Wildman–Crippen LogP) is 1.65. The fourth-order valence-corrected chi connectivity index (χ4v) is 3.68.